The lowest BCUT2D eigenvalue weighted by atomic mass is 10.2. The molecule has 9 heteroatoms. The number of hydrogen-bond acceptors (Lipinski definition) is 5. The summed E-state index contributed by atoms with van der Waals surface area (Å²) in [6.45, 7) is 3.47. The van der Waals surface area contributed by atoms with Gasteiger partial charge in [0, 0.05) is 57.1 Å². The number of carbonyl (C=O) groups excluding carboxylic acids is 1. The van der Waals surface area contributed by atoms with Crippen molar-refractivity contribution in [3.05, 3.63) is 36.3 Å². The van der Waals surface area contributed by atoms with E-state index < -0.39 is 11.9 Å². The third kappa shape index (κ3) is 4.09. The third-order valence-corrected chi connectivity index (χ3v) is 4.21. The zero-order valence-electron chi connectivity index (χ0n) is 14.2. The maximum atomic E-state index is 13.3. The maximum absolute atomic E-state index is 13.3. The predicted octanol–water partition coefficient (Wildman–Crippen LogP) is 2.62. The van der Waals surface area contributed by atoms with E-state index in [2.05, 4.69) is 15.0 Å². The highest BCUT2D eigenvalue weighted by atomic mass is 19.4. The molecule has 0 radical (unpaired) electrons. The number of rotatable bonds is 2. The van der Waals surface area contributed by atoms with Gasteiger partial charge in [0.15, 0.2) is 11.5 Å². The minimum absolute atomic E-state index is 0.00453. The van der Waals surface area contributed by atoms with Crippen LogP contribution in [0.25, 0.3) is 11.4 Å². The highest BCUT2D eigenvalue weighted by Crippen LogP contribution is 2.31. The fourth-order valence-electron chi connectivity index (χ4n) is 2.83. The summed E-state index contributed by atoms with van der Waals surface area (Å²) in [5.74, 6) is 0.178. The Balaban J connectivity index is 1.97. The van der Waals surface area contributed by atoms with E-state index in [1.807, 2.05) is 0 Å². The van der Waals surface area contributed by atoms with Crippen molar-refractivity contribution in [1.29, 1.82) is 0 Å². The molecule has 6 nitrogen and oxygen atoms in total. The predicted molar refractivity (Wildman–Crippen MR) is 89.3 cm³/mol. The van der Waals surface area contributed by atoms with E-state index in [9.17, 15) is 18.0 Å². The molecule has 138 valence electrons. The molecule has 3 heterocycles. The summed E-state index contributed by atoms with van der Waals surface area (Å²) in [7, 11) is 0. The maximum Gasteiger partial charge on any atom is 0.433 e. The number of alkyl halides is 3. The van der Waals surface area contributed by atoms with Crippen molar-refractivity contribution in [3.8, 4) is 11.4 Å². The van der Waals surface area contributed by atoms with Crippen LogP contribution in [0.4, 0.5) is 19.0 Å². The first-order chi connectivity index (χ1) is 12.3. The number of hydrogen-bond donors (Lipinski definition) is 0. The fourth-order valence-corrected chi connectivity index (χ4v) is 2.83. The molecule has 1 fully saturated rings. The molecule has 26 heavy (non-hydrogen) atoms. The van der Waals surface area contributed by atoms with Gasteiger partial charge in [-0.25, -0.2) is 9.97 Å². The largest absolute Gasteiger partial charge is 0.433 e. The average Bonchev–Trinajstić information content (AvgIpc) is 2.88. The van der Waals surface area contributed by atoms with Crippen LogP contribution in [-0.2, 0) is 11.0 Å². The molecule has 2 aromatic heterocycles. The van der Waals surface area contributed by atoms with Crippen LogP contribution in [0, 0.1) is 0 Å². The van der Waals surface area contributed by atoms with Crippen LogP contribution < -0.4 is 4.90 Å². The van der Waals surface area contributed by atoms with Crippen molar-refractivity contribution in [2.75, 3.05) is 31.1 Å². The first-order valence-electron chi connectivity index (χ1n) is 8.22. The van der Waals surface area contributed by atoms with Crippen molar-refractivity contribution in [2.45, 2.75) is 19.5 Å². The second-order valence-electron chi connectivity index (χ2n) is 6.02. The minimum atomic E-state index is -4.57. The van der Waals surface area contributed by atoms with Gasteiger partial charge in [0.1, 0.15) is 5.82 Å². The molecular formula is C17H18F3N5O. The number of halogens is 3. The van der Waals surface area contributed by atoms with Gasteiger partial charge in [0.2, 0.25) is 5.91 Å². The zero-order valence-corrected chi connectivity index (χ0v) is 14.2. The van der Waals surface area contributed by atoms with Crippen LogP contribution >= 0.6 is 0 Å². The van der Waals surface area contributed by atoms with Crippen LogP contribution in [0.15, 0.2) is 30.6 Å². The highest BCUT2D eigenvalue weighted by molar-refractivity contribution is 5.73. The van der Waals surface area contributed by atoms with Crippen molar-refractivity contribution in [1.82, 2.24) is 19.9 Å². The summed E-state index contributed by atoms with van der Waals surface area (Å²) >= 11 is 0. The zero-order chi connectivity index (χ0) is 18.7. The van der Waals surface area contributed by atoms with Gasteiger partial charge in [-0.1, -0.05) is 0 Å². The quantitative estimate of drug-likeness (QED) is 0.819. The summed E-state index contributed by atoms with van der Waals surface area (Å²) in [6.07, 6.45) is -0.948. The molecule has 0 bridgehead atoms. The second kappa shape index (κ2) is 7.27. The second-order valence-corrected chi connectivity index (χ2v) is 6.02. The number of aromatic nitrogens is 3. The molecule has 0 unspecified atom stereocenters. The van der Waals surface area contributed by atoms with Crippen LogP contribution in [0.3, 0.4) is 0 Å². The number of pyridine rings is 1. The van der Waals surface area contributed by atoms with Crippen LogP contribution in [-0.4, -0.2) is 51.9 Å². The molecule has 0 N–H and O–H groups in total. The lowest BCUT2D eigenvalue weighted by molar-refractivity contribution is -0.141. The van der Waals surface area contributed by atoms with E-state index in [1.54, 1.807) is 21.9 Å². The number of carbonyl (C=O) groups is 1. The Morgan fingerprint density at radius 2 is 1.81 bits per heavy atom. The van der Waals surface area contributed by atoms with E-state index in [0.29, 0.717) is 38.2 Å². The molecule has 3 rings (SSSR count). The van der Waals surface area contributed by atoms with Gasteiger partial charge >= 0.3 is 6.18 Å². The summed E-state index contributed by atoms with van der Waals surface area (Å²) < 4.78 is 39.9. The van der Waals surface area contributed by atoms with Crippen LogP contribution in [0.5, 0.6) is 0 Å². The third-order valence-electron chi connectivity index (χ3n) is 4.21. The number of amides is 1. The first-order valence-corrected chi connectivity index (χ1v) is 8.22. The van der Waals surface area contributed by atoms with Crippen molar-refractivity contribution in [2.24, 2.45) is 0 Å². The van der Waals surface area contributed by atoms with E-state index >= 15 is 0 Å². The molecule has 1 saturated heterocycles. The lowest BCUT2D eigenvalue weighted by Gasteiger charge is -2.23. The normalized spacial score (nSPS) is 15.7. The molecule has 0 aliphatic carbocycles. The van der Waals surface area contributed by atoms with Gasteiger partial charge in [-0.2, -0.15) is 13.2 Å². The molecule has 0 aromatic carbocycles. The lowest BCUT2D eigenvalue weighted by Crippen LogP contribution is -2.34. The summed E-state index contributed by atoms with van der Waals surface area (Å²) in [5, 5.41) is 0. The Hall–Kier alpha value is -2.71. The molecule has 1 aliphatic heterocycles. The Morgan fingerprint density at radius 3 is 2.46 bits per heavy atom. The molecule has 2 aromatic rings. The van der Waals surface area contributed by atoms with Crippen LogP contribution in [0.1, 0.15) is 19.0 Å². The van der Waals surface area contributed by atoms with Gasteiger partial charge in [-0.3, -0.25) is 9.78 Å². The molecular weight excluding hydrogens is 347 g/mol. The number of anilines is 1. The van der Waals surface area contributed by atoms with Gasteiger partial charge in [-0.05, 0) is 18.6 Å². The Labute approximate surface area is 148 Å². The highest BCUT2D eigenvalue weighted by Gasteiger charge is 2.34. The standard InChI is InChI=1S/C17H18F3N5O/c1-12(26)24-7-2-8-25(10-9-24)15-11-14(17(18,19)20)22-16(23-15)13-3-5-21-6-4-13/h3-6,11H,2,7-10H2,1H3. The fraction of sp³-hybridized carbons (Fsp3) is 0.412. The summed E-state index contributed by atoms with van der Waals surface area (Å²) in [6, 6.07) is 4.10. The molecule has 0 atom stereocenters. The van der Waals surface area contributed by atoms with Gasteiger partial charge in [0.05, 0.1) is 0 Å². The van der Waals surface area contributed by atoms with E-state index in [-0.39, 0.29) is 17.5 Å². The molecule has 1 aliphatic rings. The van der Waals surface area contributed by atoms with Gasteiger partial charge in [-0.15, -0.1) is 0 Å². The van der Waals surface area contributed by atoms with E-state index in [1.165, 1.54) is 19.3 Å². The van der Waals surface area contributed by atoms with Crippen molar-refractivity contribution < 1.29 is 18.0 Å². The van der Waals surface area contributed by atoms with Crippen molar-refractivity contribution in [3.63, 3.8) is 0 Å². The Morgan fingerprint density at radius 1 is 1.08 bits per heavy atom. The van der Waals surface area contributed by atoms with Gasteiger partial charge in [0.25, 0.3) is 0 Å². The minimum Gasteiger partial charge on any atom is -0.355 e. The smallest absolute Gasteiger partial charge is 0.355 e. The van der Waals surface area contributed by atoms with E-state index in [0.717, 1.165) is 6.07 Å². The average molecular weight is 365 g/mol. The van der Waals surface area contributed by atoms with Crippen molar-refractivity contribution >= 4 is 11.7 Å². The molecule has 0 saturated carbocycles. The first kappa shape index (κ1) is 18.1. The summed E-state index contributed by atoms with van der Waals surface area (Å²) in [4.78, 5) is 26.9. The molecule has 0 spiro atoms. The topological polar surface area (TPSA) is 62.2 Å². The summed E-state index contributed by atoms with van der Waals surface area (Å²) in [5.41, 5.74) is -0.519. The van der Waals surface area contributed by atoms with Crippen LogP contribution in [0.2, 0.25) is 0 Å². The Kier molecular flexibility index (Phi) is 5.06. The number of nitrogens with zero attached hydrogens (tertiary/aromatic N) is 5. The monoisotopic (exact) mass is 365 g/mol. The van der Waals surface area contributed by atoms with E-state index in [4.69, 9.17) is 0 Å². The Bertz CT molecular complexity index is 782. The van der Waals surface area contributed by atoms with Gasteiger partial charge < -0.3 is 9.80 Å². The molecule has 1 amide bonds. The SMILES string of the molecule is CC(=O)N1CCCN(c2cc(C(F)(F)F)nc(-c3ccncc3)n2)CC1.